The number of H-pyrrole nitrogens is 1. The number of rotatable bonds is 3. The zero-order valence-electron chi connectivity index (χ0n) is 8.68. The molecule has 0 saturated heterocycles. The van der Waals surface area contributed by atoms with Crippen LogP contribution in [0.1, 0.15) is 15.9 Å². The third-order valence-electron chi connectivity index (χ3n) is 2.32. The average Bonchev–Trinajstić information content (AvgIpc) is 2.64. The highest BCUT2D eigenvalue weighted by Gasteiger charge is 2.12. The van der Waals surface area contributed by atoms with Gasteiger partial charge in [-0.15, -0.1) is 0 Å². The maximum Gasteiger partial charge on any atom is 0.342 e. The molecule has 0 aliphatic carbocycles. The molecule has 0 atom stereocenters. The Morgan fingerprint density at radius 2 is 2.00 bits per heavy atom. The van der Waals surface area contributed by atoms with Crippen molar-refractivity contribution in [2.45, 2.75) is 6.54 Å². The molecule has 2 aromatic rings. The molecule has 0 fully saturated rings. The van der Waals surface area contributed by atoms with Crippen LogP contribution in [-0.4, -0.2) is 20.9 Å². The van der Waals surface area contributed by atoms with Crippen molar-refractivity contribution in [3.63, 3.8) is 0 Å². The second-order valence-corrected chi connectivity index (χ2v) is 3.95. The molecule has 1 aromatic heterocycles. The van der Waals surface area contributed by atoms with E-state index in [2.05, 4.69) is 5.10 Å². The van der Waals surface area contributed by atoms with Crippen LogP contribution in [0.4, 0.5) is 0 Å². The fraction of sp³-hybridized carbons (Fsp3) is 0.0909. The number of carboxylic acid groups (broad SMARTS) is 1. The number of carbonyl (C=O) groups is 1. The molecule has 1 aromatic carbocycles. The number of hydrogen-bond acceptors (Lipinski definition) is 2. The molecule has 2 rings (SSSR count). The van der Waals surface area contributed by atoms with Gasteiger partial charge in [0.05, 0.1) is 6.54 Å². The first-order valence-electron chi connectivity index (χ1n) is 4.84. The summed E-state index contributed by atoms with van der Waals surface area (Å²) in [7, 11) is 0. The van der Waals surface area contributed by atoms with Gasteiger partial charge in [0, 0.05) is 11.2 Å². The summed E-state index contributed by atoms with van der Waals surface area (Å²) >= 11 is 5.74. The zero-order chi connectivity index (χ0) is 12.4. The lowest BCUT2D eigenvalue weighted by Crippen LogP contribution is -2.21. The van der Waals surface area contributed by atoms with Gasteiger partial charge in [-0.1, -0.05) is 23.7 Å². The van der Waals surface area contributed by atoms with Crippen LogP contribution < -0.4 is 5.56 Å². The summed E-state index contributed by atoms with van der Waals surface area (Å²) in [6.45, 7) is 0.281. The number of aromatic amines is 1. The summed E-state index contributed by atoms with van der Waals surface area (Å²) in [6.07, 6.45) is 1.18. The lowest BCUT2D eigenvalue weighted by atomic mass is 10.2. The molecule has 6 heteroatoms. The highest BCUT2D eigenvalue weighted by atomic mass is 35.5. The van der Waals surface area contributed by atoms with E-state index < -0.39 is 11.5 Å². The first kappa shape index (κ1) is 11.5. The first-order valence-corrected chi connectivity index (χ1v) is 5.21. The molecule has 0 aliphatic heterocycles. The van der Waals surface area contributed by atoms with Gasteiger partial charge in [-0.25, -0.2) is 9.48 Å². The van der Waals surface area contributed by atoms with Gasteiger partial charge in [0.25, 0.3) is 5.56 Å². The second kappa shape index (κ2) is 4.47. The number of aromatic nitrogens is 2. The van der Waals surface area contributed by atoms with Gasteiger partial charge < -0.3 is 10.2 Å². The molecule has 0 aliphatic rings. The third-order valence-corrected chi connectivity index (χ3v) is 2.58. The molecule has 0 unspecified atom stereocenters. The summed E-state index contributed by atoms with van der Waals surface area (Å²) in [5.41, 5.74) is 0.0432. The Balaban J connectivity index is 2.28. The van der Waals surface area contributed by atoms with Gasteiger partial charge in [0.1, 0.15) is 5.56 Å². The molecule has 0 radical (unpaired) electrons. The number of hydrogen-bond donors (Lipinski definition) is 2. The van der Waals surface area contributed by atoms with Crippen LogP contribution in [0.15, 0.2) is 35.3 Å². The van der Waals surface area contributed by atoms with Crippen molar-refractivity contribution in [2.24, 2.45) is 0 Å². The minimum atomic E-state index is -1.24. The van der Waals surface area contributed by atoms with Crippen LogP contribution in [0.5, 0.6) is 0 Å². The number of nitrogens with one attached hydrogen (secondary N) is 1. The van der Waals surface area contributed by atoms with E-state index in [0.29, 0.717) is 5.02 Å². The van der Waals surface area contributed by atoms with Crippen molar-refractivity contribution in [2.75, 3.05) is 0 Å². The smallest absolute Gasteiger partial charge is 0.342 e. The quantitative estimate of drug-likeness (QED) is 0.871. The Labute approximate surface area is 101 Å². The lowest BCUT2D eigenvalue weighted by Gasteiger charge is -2.01. The van der Waals surface area contributed by atoms with Gasteiger partial charge in [-0.3, -0.25) is 4.79 Å². The predicted octanol–water partition coefficient (Wildman–Crippen LogP) is 1.58. The minimum Gasteiger partial charge on any atom is -0.477 e. The largest absolute Gasteiger partial charge is 0.477 e. The van der Waals surface area contributed by atoms with Crippen LogP contribution in [0.3, 0.4) is 0 Å². The van der Waals surface area contributed by atoms with E-state index in [0.717, 1.165) is 5.56 Å². The van der Waals surface area contributed by atoms with Crippen molar-refractivity contribution in [1.29, 1.82) is 0 Å². The van der Waals surface area contributed by atoms with Gasteiger partial charge in [-0.2, -0.15) is 0 Å². The highest BCUT2D eigenvalue weighted by molar-refractivity contribution is 6.30. The summed E-state index contributed by atoms with van der Waals surface area (Å²) in [5, 5.41) is 11.9. The van der Waals surface area contributed by atoms with E-state index in [1.165, 1.54) is 10.9 Å². The van der Waals surface area contributed by atoms with Crippen LogP contribution in [0.25, 0.3) is 0 Å². The Morgan fingerprint density at radius 3 is 2.53 bits per heavy atom. The van der Waals surface area contributed by atoms with Crippen molar-refractivity contribution < 1.29 is 9.90 Å². The van der Waals surface area contributed by atoms with Crippen LogP contribution in [0.2, 0.25) is 5.02 Å². The number of carboxylic acids is 1. The summed E-state index contributed by atoms with van der Waals surface area (Å²) in [6, 6.07) is 6.97. The van der Waals surface area contributed by atoms with E-state index >= 15 is 0 Å². The zero-order valence-corrected chi connectivity index (χ0v) is 9.44. The molecule has 88 valence electrons. The van der Waals surface area contributed by atoms with Crippen molar-refractivity contribution in [1.82, 2.24) is 9.78 Å². The summed E-state index contributed by atoms with van der Waals surface area (Å²) < 4.78 is 1.23. The molecule has 17 heavy (non-hydrogen) atoms. The van der Waals surface area contributed by atoms with E-state index in [4.69, 9.17) is 16.7 Å². The molecular weight excluding hydrogens is 244 g/mol. The van der Waals surface area contributed by atoms with Gasteiger partial charge >= 0.3 is 5.97 Å². The van der Waals surface area contributed by atoms with Gasteiger partial charge in [0.2, 0.25) is 0 Å². The fourth-order valence-corrected chi connectivity index (χ4v) is 1.58. The Bertz CT molecular complexity index is 598. The second-order valence-electron chi connectivity index (χ2n) is 3.51. The topological polar surface area (TPSA) is 75.1 Å². The lowest BCUT2D eigenvalue weighted by molar-refractivity contribution is 0.0695. The van der Waals surface area contributed by atoms with E-state index in [1.54, 1.807) is 24.3 Å². The fourth-order valence-electron chi connectivity index (χ4n) is 1.45. The van der Waals surface area contributed by atoms with E-state index in [1.807, 2.05) is 0 Å². The third kappa shape index (κ3) is 2.39. The van der Waals surface area contributed by atoms with E-state index in [-0.39, 0.29) is 12.1 Å². The maximum atomic E-state index is 11.6. The normalized spacial score (nSPS) is 10.4. The number of nitrogens with zero attached hydrogens (tertiary/aromatic N) is 1. The first-order chi connectivity index (χ1) is 8.08. The van der Waals surface area contributed by atoms with Gasteiger partial charge in [0.15, 0.2) is 0 Å². The minimum absolute atomic E-state index is 0.265. The van der Waals surface area contributed by atoms with Crippen LogP contribution in [0, 0.1) is 0 Å². The van der Waals surface area contributed by atoms with Crippen LogP contribution in [-0.2, 0) is 6.54 Å². The Morgan fingerprint density at radius 1 is 1.35 bits per heavy atom. The maximum absolute atomic E-state index is 11.6. The average molecular weight is 253 g/mol. The van der Waals surface area contributed by atoms with E-state index in [9.17, 15) is 9.59 Å². The van der Waals surface area contributed by atoms with Crippen molar-refractivity contribution in [3.05, 3.63) is 57.0 Å². The number of benzene rings is 1. The predicted molar refractivity (Wildman–Crippen MR) is 62.6 cm³/mol. The molecule has 0 bridgehead atoms. The van der Waals surface area contributed by atoms with Gasteiger partial charge in [-0.05, 0) is 17.7 Å². The van der Waals surface area contributed by atoms with Crippen molar-refractivity contribution >= 4 is 17.6 Å². The monoisotopic (exact) mass is 252 g/mol. The molecule has 0 amide bonds. The standard InChI is InChI=1S/C11H9ClN2O3/c12-8-3-1-7(2-4-8)6-14-10(15)9(5-13-14)11(16)17/h1-5,13H,6H2,(H,16,17). The summed E-state index contributed by atoms with van der Waals surface area (Å²) in [5.74, 6) is -1.24. The Hall–Kier alpha value is -2.01. The van der Waals surface area contributed by atoms with Crippen molar-refractivity contribution in [3.8, 4) is 0 Å². The molecule has 5 nitrogen and oxygen atoms in total. The highest BCUT2D eigenvalue weighted by Crippen LogP contribution is 2.09. The SMILES string of the molecule is O=C(O)c1c[nH]n(Cc2ccc(Cl)cc2)c1=O. The van der Waals surface area contributed by atoms with Crippen LogP contribution >= 0.6 is 11.6 Å². The number of aromatic carboxylic acids is 1. The Kier molecular flexibility index (Phi) is 3.01. The summed E-state index contributed by atoms with van der Waals surface area (Å²) in [4.78, 5) is 22.3. The molecule has 1 heterocycles. The molecule has 2 N–H and O–H groups in total. The molecule has 0 spiro atoms. The number of halogens is 1. The molecule has 0 saturated carbocycles. The molecular formula is C11H9ClN2O3.